The Morgan fingerprint density at radius 2 is 1.32 bits per heavy atom. The molecule has 0 fully saturated rings. The van der Waals surface area contributed by atoms with Gasteiger partial charge in [-0.25, -0.2) is 0 Å². The largest absolute Gasteiger partial charge is 0.276 e. The predicted octanol–water partition coefficient (Wildman–Crippen LogP) is 5.86. The second kappa shape index (κ2) is 8.02. The lowest BCUT2D eigenvalue weighted by Crippen LogP contribution is -2.01. The average Bonchev–Trinajstić information content (AvgIpc) is 2.65. The van der Waals surface area contributed by atoms with Gasteiger partial charge in [-0.1, -0.05) is 65.7 Å². The van der Waals surface area contributed by atoms with Crippen LogP contribution in [0.1, 0.15) is 16.7 Å². The van der Waals surface area contributed by atoms with Crippen molar-refractivity contribution in [2.75, 3.05) is 5.43 Å². The minimum Gasteiger partial charge on any atom is -0.276 e. The second-order valence-electron chi connectivity index (χ2n) is 5.81. The molecule has 0 bridgehead atoms. The van der Waals surface area contributed by atoms with Gasteiger partial charge in [-0.3, -0.25) is 5.43 Å². The molecule has 0 radical (unpaired) electrons. The first-order valence-electron chi connectivity index (χ1n) is 8.15. The lowest BCUT2D eigenvalue weighted by molar-refractivity contribution is 1.22. The van der Waals surface area contributed by atoms with E-state index >= 15 is 0 Å². The number of azo groups is 1. The number of rotatable bonds is 4. The maximum absolute atomic E-state index is 4.43. The normalized spacial score (nSPS) is 11.7. The minimum absolute atomic E-state index is 0.532. The fourth-order valence-corrected chi connectivity index (χ4v) is 2.19. The monoisotopic (exact) mass is 328 g/mol. The third-order valence-electron chi connectivity index (χ3n) is 3.67. The molecule has 25 heavy (non-hydrogen) atoms. The maximum atomic E-state index is 4.43. The van der Waals surface area contributed by atoms with Gasteiger partial charge >= 0.3 is 0 Å². The van der Waals surface area contributed by atoms with E-state index in [-0.39, 0.29) is 0 Å². The van der Waals surface area contributed by atoms with Gasteiger partial charge in [0.1, 0.15) is 0 Å². The Kier molecular flexibility index (Phi) is 5.32. The summed E-state index contributed by atoms with van der Waals surface area (Å²) in [5.41, 5.74) is 8.02. The van der Waals surface area contributed by atoms with Gasteiger partial charge in [-0.15, -0.1) is 10.2 Å². The zero-order chi connectivity index (χ0) is 17.5. The van der Waals surface area contributed by atoms with Gasteiger partial charge in [0, 0.05) is 5.56 Å². The molecule has 0 aliphatic carbocycles. The Morgan fingerprint density at radius 1 is 0.720 bits per heavy atom. The highest BCUT2D eigenvalue weighted by atomic mass is 15.3. The van der Waals surface area contributed by atoms with Crippen LogP contribution in [0.3, 0.4) is 0 Å². The van der Waals surface area contributed by atoms with Crippen LogP contribution in [0.4, 0.5) is 11.4 Å². The Bertz CT molecular complexity index is 864. The van der Waals surface area contributed by atoms with Gasteiger partial charge in [-0.2, -0.15) is 5.10 Å². The quantitative estimate of drug-likeness (QED) is 0.277. The Hall–Kier alpha value is -3.27. The molecule has 0 aliphatic rings. The fraction of sp³-hybridized carbons (Fsp3) is 0.0952. The van der Waals surface area contributed by atoms with Crippen molar-refractivity contribution in [1.82, 2.24) is 0 Å². The summed E-state index contributed by atoms with van der Waals surface area (Å²) in [7, 11) is 0. The van der Waals surface area contributed by atoms with Crippen molar-refractivity contribution in [3.8, 4) is 0 Å². The molecule has 0 saturated carbocycles. The maximum Gasteiger partial charge on any atom is 0.201 e. The van der Waals surface area contributed by atoms with Crippen molar-refractivity contribution in [3.63, 3.8) is 0 Å². The molecule has 3 rings (SSSR count). The summed E-state index contributed by atoms with van der Waals surface area (Å²) in [5.74, 6) is 0.532. The number of benzene rings is 3. The second-order valence-corrected chi connectivity index (χ2v) is 5.81. The van der Waals surface area contributed by atoms with Crippen LogP contribution in [0.2, 0.25) is 0 Å². The van der Waals surface area contributed by atoms with Gasteiger partial charge in [-0.05, 0) is 38.1 Å². The first-order chi connectivity index (χ1) is 12.2. The molecule has 0 saturated heterocycles. The molecule has 0 heterocycles. The summed E-state index contributed by atoms with van der Waals surface area (Å²) in [6, 6.07) is 25.8. The zero-order valence-corrected chi connectivity index (χ0v) is 14.3. The van der Waals surface area contributed by atoms with Crippen LogP contribution in [0.25, 0.3) is 0 Å². The van der Waals surface area contributed by atoms with E-state index in [1.807, 2.05) is 85.8 Å². The van der Waals surface area contributed by atoms with E-state index in [2.05, 4.69) is 27.7 Å². The van der Waals surface area contributed by atoms with E-state index in [9.17, 15) is 0 Å². The van der Waals surface area contributed by atoms with Crippen LogP contribution in [-0.4, -0.2) is 5.84 Å². The number of amidine groups is 1. The SMILES string of the molecule is Cc1ccc(N=NC(=NNc2ccccc2)c2ccc(C)cc2)cc1. The van der Waals surface area contributed by atoms with E-state index in [1.54, 1.807) is 0 Å². The van der Waals surface area contributed by atoms with E-state index in [4.69, 9.17) is 0 Å². The number of anilines is 1. The number of nitrogens with one attached hydrogen (secondary N) is 1. The molecule has 0 spiro atoms. The smallest absolute Gasteiger partial charge is 0.201 e. The van der Waals surface area contributed by atoms with Gasteiger partial charge in [0.25, 0.3) is 0 Å². The van der Waals surface area contributed by atoms with Gasteiger partial charge in [0.05, 0.1) is 11.4 Å². The number of hydrazone groups is 1. The molecule has 3 aromatic carbocycles. The van der Waals surface area contributed by atoms with Crippen molar-refractivity contribution in [1.29, 1.82) is 0 Å². The van der Waals surface area contributed by atoms with Crippen LogP contribution in [0.15, 0.2) is 94.2 Å². The van der Waals surface area contributed by atoms with Crippen molar-refractivity contribution < 1.29 is 0 Å². The van der Waals surface area contributed by atoms with Crippen molar-refractivity contribution in [2.24, 2.45) is 15.3 Å². The molecule has 0 aromatic heterocycles. The summed E-state index contributed by atoms with van der Waals surface area (Å²) in [5, 5.41) is 13.1. The van der Waals surface area contributed by atoms with Crippen molar-refractivity contribution in [2.45, 2.75) is 13.8 Å². The van der Waals surface area contributed by atoms with E-state index in [0.29, 0.717) is 5.84 Å². The summed E-state index contributed by atoms with van der Waals surface area (Å²) < 4.78 is 0. The Morgan fingerprint density at radius 3 is 1.96 bits per heavy atom. The van der Waals surface area contributed by atoms with E-state index in [0.717, 1.165) is 16.9 Å². The van der Waals surface area contributed by atoms with Crippen molar-refractivity contribution in [3.05, 3.63) is 95.6 Å². The molecule has 0 unspecified atom stereocenters. The third-order valence-corrected chi connectivity index (χ3v) is 3.67. The zero-order valence-electron chi connectivity index (χ0n) is 14.3. The highest BCUT2D eigenvalue weighted by Gasteiger charge is 2.03. The van der Waals surface area contributed by atoms with Gasteiger partial charge in [0.15, 0.2) is 0 Å². The van der Waals surface area contributed by atoms with E-state index in [1.165, 1.54) is 11.1 Å². The van der Waals surface area contributed by atoms with Crippen LogP contribution in [-0.2, 0) is 0 Å². The third kappa shape index (κ3) is 4.85. The first kappa shape index (κ1) is 16.6. The molecule has 124 valence electrons. The molecular formula is C21H20N4. The first-order valence-corrected chi connectivity index (χ1v) is 8.15. The molecule has 4 nitrogen and oxygen atoms in total. The summed E-state index contributed by atoms with van der Waals surface area (Å²) in [6.45, 7) is 4.10. The van der Waals surface area contributed by atoms with Crippen LogP contribution in [0, 0.1) is 13.8 Å². The molecule has 4 heteroatoms. The van der Waals surface area contributed by atoms with Crippen LogP contribution < -0.4 is 5.43 Å². The summed E-state index contributed by atoms with van der Waals surface area (Å²) >= 11 is 0. The number of para-hydroxylation sites is 1. The minimum atomic E-state index is 0.532. The molecule has 0 aliphatic heterocycles. The lowest BCUT2D eigenvalue weighted by Gasteiger charge is -2.04. The molecule has 1 N–H and O–H groups in total. The number of nitrogens with zero attached hydrogens (tertiary/aromatic N) is 3. The average molecular weight is 328 g/mol. The summed E-state index contributed by atoms with van der Waals surface area (Å²) in [6.07, 6.45) is 0. The number of hydrogen-bond donors (Lipinski definition) is 1. The van der Waals surface area contributed by atoms with Crippen LogP contribution in [0.5, 0.6) is 0 Å². The highest BCUT2D eigenvalue weighted by molar-refractivity contribution is 5.99. The van der Waals surface area contributed by atoms with Gasteiger partial charge in [0.2, 0.25) is 5.84 Å². The molecule has 0 atom stereocenters. The number of aryl methyl sites for hydroxylation is 2. The molecular weight excluding hydrogens is 308 g/mol. The fourth-order valence-electron chi connectivity index (χ4n) is 2.19. The number of hydrogen-bond acceptors (Lipinski definition) is 3. The van der Waals surface area contributed by atoms with Crippen LogP contribution >= 0.6 is 0 Å². The topological polar surface area (TPSA) is 49.1 Å². The Labute approximate surface area is 148 Å². The summed E-state index contributed by atoms with van der Waals surface area (Å²) in [4.78, 5) is 0. The van der Waals surface area contributed by atoms with E-state index < -0.39 is 0 Å². The lowest BCUT2D eigenvalue weighted by atomic mass is 10.1. The molecule has 0 amide bonds. The standard InChI is InChI=1S/C21H20N4/c1-16-8-12-18(13-9-16)21(24-22-19-6-4-3-5-7-19)25-23-20-14-10-17(2)11-15-20/h3-15,22H,1-2H3. The predicted molar refractivity (Wildman–Crippen MR) is 103 cm³/mol. The molecule has 3 aromatic rings. The highest BCUT2D eigenvalue weighted by Crippen LogP contribution is 2.15. The Balaban J connectivity index is 1.88. The van der Waals surface area contributed by atoms with Crippen molar-refractivity contribution >= 4 is 17.2 Å². The van der Waals surface area contributed by atoms with Gasteiger partial charge < -0.3 is 0 Å².